The van der Waals surface area contributed by atoms with Crippen LogP contribution in [0.25, 0.3) is 0 Å². The minimum absolute atomic E-state index is 0.0481. The lowest BCUT2D eigenvalue weighted by Crippen LogP contribution is -2.34. The largest absolute Gasteiger partial charge is 0.489 e. The number of carbonyl (C=O) groups is 1. The summed E-state index contributed by atoms with van der Waals surface area (Å²) in [7, 11) is 0. The summed E-state index contributed by atoms with van der Waals surface area (Å²) in [6, 6.07) is 14.7. The summed E-state index contributed by atoms with van der Waals surface area (Å²) in [6.07, 6.45) is 1.68. The van der Waals surface area contributed by atoms with Crippen molar-refractivity contribution in [2.45, 2.75) is 19.7 Å². The topological polar surface area (TPSA) is 70.6 Å². The summed E-state index contributed by atoms with van der Waals surface area (Å²) in [4.78, 5) is 12.0. The van der Waals surface area contributed by atoms with Crippen LogP contribution in [-0.4, -0.2) is 17.7 Å². The first kappa shape index (κ1) is 17.6. The molecule has 0 aliphatic carbocycles. The van der Waals surface area contributed by atoms with Crippen LogP contribution in [-0.2, 0) is 19.7 Å². The number of hydrogen-bond donors (Lipinski definition) is 3. The third-order valence-electron chi connectivity index (χ3n) is 3.50. The highest BCUT2D eigenvalue weighted by Gasteiger charge is 2.06. The van der Waals surface area contributed by atoms with Crippen LogP contribution in [0, 0.1) is 0 Å². The van der Waals surface area contributed by atoms with E-state index in [0.717, 1.165) is 22.4 Å². The molecule has 0 aliphatic heterocycles. The summed E-state index contributed by atoms with van der Waals surface area (Å²) in [6.45, 7) is 4.71. The summed E-state index contributed by atoms with van der Waals surface area (Å²) < 4.78 is 5.56. The molecule has 2 amide bonds. The lowest BCUT2D eigenvalue weighted by molar-refractivity contribution is 0.239. The van der Waals surface area contributed by atoms with Crippen molar-refractivity contribution in [1.29, 1.82) is 0 Å². The first-order valence-corrected chi connectivity index (χ1v) is 7.75. The molecule has 0 fully saturated rings. The first-order valence-electron chi connectivity index (χ1n) is 7.75. The minimum atomic E-state index is -0.277. The summed E-state index contributed by atoms with van der Waals surface area (Å²) in [5, 5.41) is 14.9. The van der Waals surface area contributed by atoms with Crippen molar-refractivity contribution in [3.63, 3.8) is 0 Å². The third-order valence-corrected chi connectivity index (χ3v) is 3.50. The van der Waals surface area contributed by atoms with Gasteiger partial charge in [-0.15, -0.1) is 0 Å². The van der Waals surface area contributed by atoms with Gasteiger partial charge in [0, 0.05) is 18.7 Å². The molecule has 2 rings (SSSR count). The Kier molecular flexibility index (Phi) is 6.86. The Hall–Kier alpha value is -2.79. The second-order valence-corrected chi connectivity index (χ2v) is 5.17. The molecule has 0 saturated carbocycles. The van der Waals surface area contributed by atoms with Crippen LogP contribution in [0.1, 0.15) is 16.7 Å². The van der Waals surface area contributed by atoms with Gasteiger partial charge in [-0.25, -0.2) is 4.79 Å². The molecule has 0 atom stereocenters. The number of aliphatic hydroxyl groups excluding tert-OH is 1. The van der Waals surface area contributed by atoms with Gasteiger partial charge in [-0.3, -0.25) is 0 Å². The number of ether oxygens (including phenoxy) is 1. The zero-order chi connectivity index (χ0) is 17.2. The van der Waals surface area contributed by atoms with Crippen LogP contribution in [0.4, 0.5) is 4.79 Å². The summed E-state index contributed by atoms with van der Waals surface area (Å²) in [5.41, 5.74) is 2.59. The quantitative estimate of drug-likeness (QED) is 0.653. The number of rotatable bonds is 8. The van der Waals surface area contributed by atoms with Gasteiger partial charge in [0.05, 0.1) is 6.61 Å². The molecule has 3 N–H and O–H groups in total. The Morgan fingerprint density at radius 1 is 1.00 bits per heavy atom. The maximum atomic E-state index is 12.0. The number of benzene rings is 2. The van der Waals surface area contributed by atoms with Crippen molar-refractivity contribution in [2.75, 3.05) is 6.61 Å². The molecule has 24 heavy (non-hydrogen) atoms. The highest BCUT2D eigenvalue weighted by Crippen LogP contribution is 2.17. The number of carbonyl (C=O) groups excluding carboxylic acids is 1. The predicted molar refractivity (Wildman–Crippen MR) is 93.6 cm³/mol. The normalized spacial score (nSPS) is 10.0. The monoisotopic (exact) mass is 326 g/mol. The Morgan fingerprint density at radius 2 is 1.58 bits per heavy atom. The van der Waals surface area contributed by atoms with Gasteiger partial charge in [-0.2, -0.15) is 0 Å². The van der Waals surface area contributed by atoms with Crippen molar-refractivity contribution >= 4 is 6.03 Å². The Labute approximate surface area is 142 Å². The van der Waals surface area contributed by atoms with E-state index in [1.165, 1.54) is 0 Å². The van der Waals surface area contributed by atoms with E-state index in [2.05, 4.69) is 17.2 Å². The zero-order valence-corrected chi connectivity index (χ0v) is 13.5. The third kappa shape index (κ3) is 5.14. The molecule has 5 heteroatoms. The highest BCUT2D eigenvalue weighted by molar-refractivity contribution is 5.74. The van der Waals surface area contributed by atoms with Crippen LogP contribution in [0.5, 0.6) is 5.75 Å². The Morgan fingerprint density at radius 3 is 2.25 bits per heavy atom. The maximum Gasteiger partial charge on any atom is 0.315 e. The van der Waals surface area contributed by atoms with Gasteiger partial charge in [-0.1, -0.05) is 55.1 Å². The molecule has 126 valence electrons. The lowest BCUT2D eigenvalue weighted by atomic mass is 10.1. The number of nitrogens with one attached hydrogen (secondary N) is 2. The molecule has 0 unspecified atom stereocenters. The SMILES string of the molecule is C=CCOc1ccccc1CNC(=O)NCc1ccccc1CO. The Balaban J connectivity index is 1.86. The van der Waals surface area contributed by atoms with Crippen molar-refractivity contribution in [2.24, 2.45) is 0 Å². The summed E-state index contributed by atoms with van der Waals surface area (Å²) >= 11 is 0. The number of para-hydroxylation sites is 1. The first-order chi connectivity index (χ1) is 11.7. The maximum absolute atomic E-state index is 12.0. The molecule has 0 heterocycles. The van der Waals surface area contributed by atoms with Crippen molar-refractivity contribution in [3.05, 3.63) is 77.9 Å². The average molecular weight is 326 g/mol. The number of urea groups is 1. The van der Waals surface area contributed by atoms with Crippen molar-refractivity contribution in [3.8, 4) is 5.75 Å². The molecular formula is C19H22N2O3. The van der Waals surface area contributed by atoms with E-state index in [4.69, 9.17) is 4.74 Å². The van der Waals surface area contributed by atoms with Crippen molar-refractivity contribution in [1.82, 2.24) is 10.6 Å². The lowest BCUT2D eigenvalue weighted by Gasteiger charge is -2.12. The predicted octanol–water partition coefficient (Wildman–Crippen LogP) is 2.74. The van der Waals surface area contributed by atoms with Gasteiger partial charge in [-0.05, 0) is 17.2 Å². The van der Waals surface area contributed by atoms with E-state index in [0.29, 0.717) is 19.7 Å². The fraction of sp³-hybridized carbons (Fsp3) is 0.211. The van der Waals surface area contributed by atoms with Gasteiger partial charge < -0.3 is 20.5 Å². The van der Waals surface area contributed by atoms with Crippen LogP contribution in [0.15, 0.2) is 61.2 Å². The van der Waals surface area contributed by atoms with Crippen molar-refractivity contribution < 1.29 is 14.6 Å². The van der Waals surface area contributed by atoms with Gasteiger partial charge in [0.25, 0.3) is 0 Å². The van der Waals surface area contributed by atoms with E-state index >= 15 is 0 Å². The Bertz CT molecular complexity index is 686. The van der Waals surface area contributed by atoms with Gasteiger partial charge in [0.1, 0.15) is 12.4 Å². The van der Waals surface area contributed by atoms with Crippen LogP contribution in [0.3, 0.4) is 0 Å². The van der Waals surface area contributed by atoms with E-state index in [1.807, 2.05) is 48.5 Å². The van der Waals surface area contributed by atoms with Crippen LogP contribution < -0.4 is 15.4 Å². The van der Waals surface area contributed by atoms with E-state index < -0.39 is 0 Å². The molecular weight excluding hydrogens is 304 g/mol. The zero-order valence-electron chi connectivity index (χ0n) is 13.5. The number of amides is 2. The fourth-order valence-electron chi connectivity index (χ4n) is 2.24. The molecule has 0 spiro atoms. The molecule has 0 radical (unpaired) electrons. The molecule has 0 bridgehead atoms. The van der Waals surface area contributed by atoms with Gasteiger partial charge in [0.15, 0.2) is 0 Å². The van der Waals surface area contributed by atoms with E-state index in [9.17, 15) is 9.90 Å². The standard InChI is InChI=1S/C19H22N2O3/c1-2-11-24-18-10-6-5-8-16(18)13-21-19(23)20-12-15-7-3-4-9-17(15)14-22/h2-10,22H,1,11-14H2,(H2,20,21,23). The molecule has 2 aromatic carbocycles. The van der Waals surface area contributed by atoms with E-state index in [1.54, 1.807) is 6.08 Å². The molecule has 0 aliphatic rings. The molecule has 0 aromatic heterocycles. The fourth-order valence-corrected chi connectivity index (χ4v) is 2.24. The number of aliphatic hydroxyl groups is 1. The minimum Gasteiger partial charge on any atom is -0.489 e. The molecule has 5 nitrogen and oxygen atoms in total. The smallest absolute Gasteiger partial charge is 0.315 e. The second kappa shape index (κ2) is 9.37. The average Bonchev–Trinajstić information content (AvgIpc) is 2.63. The van der Waals surface area contributed by atoms with Gasteiger partial charge in [0.2, 0.25) is 0 Å². The van der Waals surface area contributed by atoms with Crippen LogP contribution in [0.2, 0.25) is 0 Å². The second-order valence-electron chi connectivity index (χ2n) is 5.17. The van der Waals surface area contributed by atoms with Gasteiger partial charge >= 0.3 is 6.03 Å². The van der Waals surface area contributed by atoms with Crippen LogP contribution >= 0.6 is 0 Å². The number of hydrogen-bond acceptors (Lipinski definition) is 3. The highest BCUT2D eigenvalue weighted by atomic mass is 16.5. The molecule has 2 aromatic rings. The summed E-state index contributed by atoms with van der Waals surface area (Å²) in [5.74, 6) is 0.725. The molecule has 0 saturated heterocycles. The van der Waals surface area contributed by atoms with E-state index in [-0.39, 0.29) is 12.6 Å².